The molecule has 1 unspecified atom stereocenters. The van der Waals surface area contributed by atoms with Crippen molar-refractivity contribution in [3.05, 3.63) is 29.8 Å². The number of amides is 2. The van der Waals surface area contributed by atoms with E-state index in [-0.39, 0.29) is 12.6 Å². The van der Waals surface area contributed by atoms with Crippen LogP contribution in [-0.4, -0.2) is 24.8 Å². The molecule has 0 aliphatic heterocycles. The summed E-state index contributed by atoms with van der Waals surface area (Å²) in [4.78, 5) is 12.3. The number of benzene rings is 1. The second kappa shape index (κ2) is 5.48. The van der Waals surface area contributed by atoms with Crippen molar-refractivity contribution >= 4 is 11.7 Å². The van der Waals surface area contributed by atoms with E-state index >= 15 is 0 Å². The molecule has 1 rings (SSSR count). The predicted molar refractivity (Wildman–Crippen MR) is 63.1 cm³/mol. The first-order chi connectivity index (χ1) is 7.56. The Morgan fingerprint density at radius 2 is 2.00 bits per heavy atom. The first-order valence-electron chi connectivity index (χ1n) is 5.06. The standard InChI is InChI=1S/C11H17N3O2/c1-14(11(13)16)9-4-2-8(3-5-9)10(12)6-7-15/h2-5,10,15H,6-7,12H2,1H3,(H2,13,16). The molecule has 0 aliphatic rings. The molecule has 1 aromatic carbocycles. The maximum atomic E-state index is 10.9. The number of hydrogen-bond donors (Lipinski definition) is 3. The number of aliphatic hydroxyl groups is 1. The Bertz CT molecular complexity index is 351. The van der Waals surface area contributed by atoms with Crippen molar-refractivity contribution in [2.75, 3.05) is 18.6 Å². The Morgan fingerprint density at radius 1 is 1.44 bits per heavy atom. The van der Waals surface area contributed by atoms with Crippen LogP contribution in [0.15, 0.2) is 24.3 Å². The van der Waals surface area contributed by atoms with Crippen LogP contribution in [0.1, 0.15) is 18.0 Å². The van der Waals surface area contributed by atoms with Crippen molar-refractivity contribution in [2.24, 2.45) is 11.5 Å². The van der Waals surface area contributed by atoms with Gasteiger partial charge in [-0.3, -0.25) is 4.90 Å². The molecule has 5 heteroatoms. The van der Waals surface area contributed by atoms with E-state index in [0.29, 0.717) is 12.1 Å². The molecule has 0 radical (unpaired) electrons. The first kappa shape index (κ1) is 12.5. The topological polar surface area (TPSA) is 92.6 Å². The van der Waals surface area contributed by atoms with Gasteiger partial charge in [-0.15, -0.1) is 0 Å². The fraction of sp³-hybridized carbons (Fsp3) is 0.364. The molecule has 0 aliphatic carbocycles. The molecule has 88 valence electrons. The molecular weight excluding hydrogens is 206 g/mol. The number of carbonyl (C=O) groups is 1. The maximum Gasteiger partial charge on any atom is 0.318 e. The smallest absolute Gasteiger partial charge is 0.318 e. The van der Waals surface area contributed by atoms with Crippen molar-refractivity contribution < 1.29 is 9.90 Å². The Kier molecular flexibility index (Phi) is 4.28. The molecule has 0 saturated carbocycles. The maximum absolute atomic E-state index is 10.9. The van der Waals surface area contributed by atoms with E-state index in [1.165, 1.54) is 4.90 Å². The molecule has 5 N–H and O–H groups in total. The van der Waals surface area contributed by atoms with Crippen LogP contribution in [0.5, 0.6) is 0 Å². The monoisotopic (exact) mass is 223 g/mol. The van der Waals surface area contributed by atoms with Crippen molar-refractivity contribution in [3.63, 3.8) is 0 Å². The Hall–Kier alpha value is -1.59. The lowest BCUT2D eigenvalue weighted by Crippen LogP contribution is -2.31. The zero-order valence-corrected chi connectivity index (χ0v) is 9.26. The highest BCUT2D eigenvalue weighted by Crippen LogP contribution is 2.18. The van der Waals surface area contributed by atoms with Gasteiger partial charge in [-0.2, -0.15) is 0 Å². The van der Waals surface area contributed by atoms with Gasteiger partial charge in [0.25, 0.3) is 0 Å². The molecular formula is C11H17N3O2. The lowest BCUT2D eigenvalue weighted by Gasteiger charge is -2.16. The Morgan fingerprint density at radius 3 is 2.44 bits per heavy atom. The molecule has 0 spiro atoms. The molecule has 1 atom stereocenters. The van der Waals surface area contributed by atoms with Crippen LogP contribution in [0.2, 0.25) is 0 Å². The molecule has 0 fully saturated rings. The summed E-state index contributed by atoms with van der Waals surface area (Å²) in [5, 5.41) is 8.76. The van der Waals surface area contributed by atoms with Gasteiger partial charge in [0.2, 0.25) is 0 Å². The van der Waals surface area contributed by atoms with Gasteiger partial charge in [-0.1, -0.05) is 12.1 Å². The third kappa shape index (κ3) is 2.95. The van der Waals surface area contributed by atoms with Crippen LogP contribution >= 0.6 is 0 Å². The number of urea groups is 1. The molecule has 0 aromatic heterocycles. The van der Waals surface area contributed by atoms with Crippen LogP contribution in [0.4, 0.5) is 10.5 Å². The SMILES string of the molecule is CN(C(N)=O)c1ccc(C(N)CCO)cc1. The van der Waals surface area contributed by atoms with Crippen LogP contribution in [0, 0.1) is 0 Å². The summed E-state index contributed by atoms with van der Waals surface area (Å²) in [6, 6.07) is 6.52. The summed E-state index contributed by atoms with van der Waals surface area (Å²) < 4.78 is 0. The minimum atomic E-state index is -0.507. The molecule has 5 nitrogen and oxygen atoms in total. The predicted octanol–water partition coefficient (Wildman–Crippen LogP) is 0.584. The Labute approximate surface area is 94.7 Å². The highest BCUT2D eigenvalue weighted by Gasteiger charge is 2.08. The van der Waals surface area contributed by atoms with Gasteiger partial charge in [0.1, 0.15) is 0 Å². The lowest BCUT2D eigenvalue weighted by atomic mass is 10.0. The molecule has 2 amide bonds. The number of rotatable bonds is 4. The van der Waals surface area contributed by atoms with E-state index in [1.54, 1.807) is 19.2 Å². The van der Waals surface area contributed by atoms with Gasteiger partial charge in [0.05, 0.1) is 0 Å². The number of hydrogen-bond acceptors (Lipinski definition) is 3. The normalized spacial score (nSPS) is 12.2. The molecule has 1 aromatic rings. The van der Waals surface area contributed by atoms with Gasteiger partial charge in [-0.05, 0) is 24.1 Å². The third-order valence-electron chi connectivity index (χ3n) is 2.48. The number of primary amides is 1. The van der Waals surface area contributed by atoms with E-state index in [2.05, 4.69) is 0 Å². The second-order valence-electron chi connectivity index (χ2n) is 3.61. The number of nitrogens with two attached hydrogens (primary N) is 2. The minimum absolute atomic E-state index is 0.0596. The summed E-state index contributed by atoms with van der Waals surface area (Å²) in [7, 11) is 1.60. The molecule has 0 saturated heterocycles. The van der Waals surface area contributed by atoms with Crippen LogP contribution in [-0.2, 0) is 0 Å². The van der Waals surface area contributed by atoms with Gasteiger partial charge >= 0.3 is 6.03 Å². The van der Waals surface area contributed by atoms with Crippen molar-refractivity contribution in [1.29, 1.82) is 0 Å². The zero-order valence-electron chi connectivity index (χ0n) is 9.26. The molecule has 0 bridgehead atoms. The van der Waals surface area contributed by atoms with E-state index in [4.69, 9.17) is 16.6 Å². The fourth-order valence-corrected chi connectivity index (χ4v) is 1.38. The van der Waals surface area contributed by atoms with E-state index < -0.39 is 6.03 Å². The average Bonchev–Trinajstić information content (AvgIpc) is 2.28. The van der Waals surface area contributed by atoms with E-state index in [9.17, 15) is 4.79 Å². The lowest BCUT2D eigenvalue weighted by molar-refractivity contribution is 0.255. The average molecular weight is 223 g/mol. The summed E-state index contributed by atoms with van der Waals surface area (Å²) >= 11 is 0. The van der Waals surface area contributed by atoms with Gasteiger partial charge < -0.3 is 16.6 Å². The molecule has 0 heterocycles. The van der Waals surface area contributed by atoms with Crippen LogP contribution in [0.3, 0.4) is 0 Å². The fourth-order valence-electron chi connectivity index (χ4n) is 1.38. The summed E-state index contributed by atoms with van der Waals surface area (Å²) in [5.74, 6) is 0. The van der Waals surface area contributed by atoms with E-state index in [1.807, 2.05) is 12.1 Å². The molecule has 16 heavy (non-hydrogen) atoms. The van der Waals surface area contributed by atoms with E-state index in [0.717, 1.165) is 5.56 Å². The largest absolute Gasteiger partial charge is 0.396 e. The highest BCUT2D eigenvalue weighted by molar-refractivity contribution is 5.89. The van der Waals surface area contributed by atoms with Crippen molar-refractivity contribution in [2.45, 2.75) is 12.5 Å². The van der Waals surface area contributed by atoms with Crippen LogP contribution in [0.25, 0.3) is 0 Å². The quantitative estimate of drug-likeness (QED) is 0.697. The minimum Gasteiger partial charge on any atom is -0.396 e. The number of carbonyl (C=O) groups excluding carboxylic acids is 1. The summed E-state index contributed by atoms with van der Waals surface area (Å²) in [6.45, 7) is 0.0596. The summed E-state index contributed by atoms with van der Waals surface area (Å²) in [5.41, 5.74) is 12.6. The van der Waals surface area contributed by atoms with Gasteiger partial charge in [0, 0.05) is 25.4 Å². The third-order valence-corrected chi connectivity index (χ3v) is 2.48. The number of anilines is 1. The van der Waals surface area contributed by atoms with Crippen LogP contribution < -0.4 is 16.4 Å². The number of nitrogens with zero attached hydrogens (tertiary/aromatic N) is 1. The van der Waals surface area contributed by atoms with Gasteiger partial charge in [0.15, 0.2) is 0 Å². The highest BCUT2D eigenvalue weighted by atomic mass is 16.3. The van der Waals surface area contributed by atoms with Gasteiger partial charge in [-0.25, -0.2) is 4.79 Å². The summed E-state index contributed by atoms with van der Waals surface area (Å²) in [6.07, 6.45) is 0.519. The first-order valence-corrected chi connectivity index (χ1v) is 5.06. The Balaban J connectivity index is 2.78. The van der Waals surface area contributed by atoms with Crippen molar-refractivity contribution in [3.8, 4) is 0 Å². The second-order valence-corrected chi connectivity index (χ2v) is 3.61. The zero-order chi connectivity index (χ0) is 12.1. The number of aliphatic hydroxyl groups excluding tert-OH is 1. The van der Waals surface area contributed by atoms with Crippen molar-refractivity contribution in [1.82, 2.24) is 0 Å².